The first-order chi connectivity index (χ1) is 11.0. The number of nitrogens with zero attached hydrogens (tertiary/aromatic N) is 2. The number of nitrogens with one attached hydrogen (secondary N) is 1. The number of para-hydroxylation sites is 1. The largest absolute Gasteiger partial charge is 0.480 e. The molecule has 0 fully saturated rings. The molecule has 1 aromatic rings. The van der Waals surface area contributed by atoms with Gasteiger partial charge in [-0.1, -0.05) is 6.07 Å². The average Bonchev–Trinajstić information content (AvgIpc) is 2.53. The van der Waals surface area contributed by atoms with Gasteiger partial charge in [-0.15, -0.1) is 0 Å². The molecule has 0 bridgehead atoms. The smallest absolute Gasteiger partial charge is 0.340 e. The average molecular weight is 317 g/mol. The summed E-state index contributed by atoms with van der Waals surface area (Å²) in [7, 11) is 1.15. The van der Waals surface area contributed by atoms with Crippen LogP contribution in [0.5, 0.6) is 5.75 Å². The van der Waals surface area contributed by atoms with Crippen molar-refractivity contribution in [1.82, 2.24) is 5.32 Å². The number of rotatable bonds is 4. The Morgan fingerprint density at radius 3 is 2.87 bits per heavy atom. The number of amides is 1. The first-order valence-electron chi connectivity index (χ1n) is 6.38. The number of methoxy groups -OCH3 is 1. The van der Waals surface area contributed by atoms with E-state index in [1.165, 1.54) is 18.2 Å². The van der Waals surface area contributed by atoms with E-state index in [4.69, 9.17) is 10.00 Å². The molecule has 118 valence electrons. The van der Waals surface area contributed by atoms with Gasteiger partial charge in [0.1, 0.15) is 13.0 Å². The van der Waals surface area contributed by atoms with E-state index in [2.05, 4.69) is 10.1 Å². The summed E-state index contributed by atoms with van der Waals surface area (Å²) in [5, 5.41) is 22.0. The maximum Gasteiger partial charge on any atom is 0.340 e. The molecular weight excluding hydrogens is 306 g/mol. The number of nitro benzene ring substituents is 1. The van der Waals surface area contributed by atoms with Gasteiger partial charge in [-0.2, -0.15) is 5.26 Å². The van der Waals surface area contributed by atoms with Gasteiger partial charge >= 0.3 is 11.7 Å². The normalized spacial score (nSPS) is 12.5. The van der Waals surface area contributed by atoms with Crippen molar-refractivity contribution in [1.29, 1.82) is 5.26 Å². The molecule has 0 spiro atoms. The number of benzene rings is 1. The molecule has 0 atom stereocenters. The summed E-state index contributed by atoms with van der Waals surface area (Å²) in [6.07, 6.45) is -0.403. The van der Waals surface area contributed by atoms with Crippen molar-refractivity contribution in [2.45, 2.75) is 6.42 Å². The molecule has 1 aliphatic rings. The van der Waals surface area contributed by atoms with Crippen molar-refractivity contribution in [2.24, 2.45) is 0 Å². The van der Waals surface area contributed by atoms with Crippen LogP contribution < -0.4 is 10.1 Å². The molecule has 0 unspecified atom stereocenters. The number of nitro groups is 1. The highest BCUT2D eigenvalue weighted by Gasteiger charge is 2.32. The van der Waals surface area contributed by atoms with Gasteiger partial charge in [0.2, 0.25) is 11.7 Å². The number of hydrogen-bond acceptors (Lipinski definition) is 7. The summed E-state index contributed by atoms with van der Waals surface area (Å²) in [6, 6.07) is 5.76. The molecule has 1 aromatic carbocycles. The Kier molecular flexibility index (Phi) is 4.56. The maximum absolute atomic E-state index is 12.0. The van der Waals surface area contributed by atoms with Crippen molar-refractivity contribution in [3.05, 3.63) is 39.6 Å². The van der Waals surface area contributed by atoms with Gasteiger partial charge in [-0.25, -0.2) is 4.79 Å². The van der Waals surface area contributed by atoms with Crippen molar-refractivity contribution in [3.63, 3.8) is 0 Å². The minimum Gasteiger partial charge on any atom is -0.480 e. The highest BCUT2D eigenvalue weighted by Crippen LogP contribution is 2.39. The second-order valence-electron chi connectivity index (χ2n) is 4.43. The molecule has 0 aromatic heterocycles. The van der Waals surface area contributed by atoms with Crippen molar-refractivity contribution < 1.29 is 24.0 Å². The third-order valence-corrected chi connectivity index (χ3v) is 3.04. The van der Waals surface area contributed by atoms with Crippen LogP contribution in [-0.2, 0) is 14.3 Å². The zero-order chi connectivity index (χ0) is 17.0. The zero-order valence-electron chi connectivity index (χ0n) is 12.0. The van der Waals surface area contributed by atoms with E-state index in [1.54, 1.807) is 6.07 Å². The van der Waals surface area contributed by atoms with E-state index in [1.807, 2.05) is 0 Å². The second kappa shape index (κ2) is 6.57. The topological polar surface area (TPSA) is 132 Å². The number of nitriles is 1. The highest BCUT2D eigenvalue weighted by atomic mass is 16.6. The number of carbonyl (C=O) groups is 2. The molecule has 0 aliphatic carbocycles. The van der Waals surface area contributed by atoms with Crippen molar-refractivity contribution in [2.75, 3.05) is 13.7 Å². The third kappa shape index (κ3) is 3.11. The Hall–Kier alpha value is -3.41. The summed E-state index contributed by atoms with van der Waals surface area (Å²) in [6.45, 7) is -0.264. The molecule has 9 heteroatoms. The van der Waals surface area contributed by atoms with Gasteiger partial charge in [-0.05, 0) is 6.07 Å². The Morgan fingerprint density at radius 1 is 1.52 bits per heavy atom. The SMILES string of the molecule is COC(=O)C1=C(NC(=O)CC#N)COc2c1cccc2[N+](=O)[O-]. The first-order valence-corrected chi connectivity index (χ1v) is 6.38. The van der Waals surface area contributed by atoms with Gasteiger partial charge in [0.15, 0.2) is 0 Å². The lowest BCUT2D eigenvalue weighted by Gasteiger charge is -2.22. The Morgan fingerprint density at radius 2 is 2.26 bits per heavy atom. The third-order valence-electron chi connectivity index (χ3n) is 3.04. The zero-order valence-corrected chi connectivity index (χ0v) is 12.0. The second-order valence-corrected chi connectivity index (χ2v) is 4.43. The quantitative estimate of drug-likeness (QED) is 0.495. The molecule has 0 radical (unpaired) electrons. The van der Waals surface area contributed by atoms with E-state index < -0.39 is 23.2 Å². The number of hydrogen-bond donors (Lipinski definition) is 1. The molecule has 0 saturated carbocycles. The lowest BCUT2D eigenvalue weighted by Crippen LogP contribution is -2.31. The van der Waals surface area contributed by atoms with Crippen LogP contribution in [-0.4, -0.2) is 30.5 Å². The van der Waals surface area contributed by atoms with E-state index in [0.29, 0.717) is 0 Å². The summed E-state index contributed by atoms with van der Waals surface area (Å²) in [4.78, 5) is 34.0. The van der Waals surface area contributed by atoms with Crippen molar-refractivity contribution in [3.8, 4) is 11.8 Å². The summed E-state index contributed by atoms with van der Waals surface area (Å²) < 4.78 is 10.0. The lowest BCUT2D eigenvalue weighted by atomic mass is 9.99. The van der Waals surface area contributed by atoms with Crippen LogP contribution in [0.25, 0.3) is 5.57 Å². The maximum atomic E-state index is 12.0. The Bertz CT molecular complexity index is 762. The fourth-order valence-electron chi connectivity index (χ4n) is 2.11. The van der Waals surface area contributed by atoms with Crippen LogP contribution in [0.3, 0.4) is 0 Å². The van der Waals surface area contributed by atoms with Crippen molar-refractivity contribution >= 4 is 23.1 Å². The van der Waals surface area contributed by atoms with E-state index in [9.17, 15) is 19.7 Å². The fraction of sp³-hybridized carbons (Fsp3) is 0.214. The number of ether oxygens (including phenoxy) is 2. The monoisotopic (exact) mass is 317 g/mol. The minimum atomic E-state index is -0.776. The van der Waals surface area contributed by atoms with E-state index in [-0.39, 0.29) is 34.9 Å². The number of carbonyl (C=O) groups excluding carboxylic acids is 2. The predicted octanol–water partition coefficient (Wildman–Crippen LogP) is 0.901. The van der Waals surface area contributed by atoms with Crippen LogP contribution in [0.15, 0.2) is 23.9 Å². The van der Waals surface area contributed by atoms with E-state index >= 15 is 0 Å². The molecule has 1 amide bonds. The fourth-order valence-corrected chi connectivity index (χ4v) is 2.11. The van der Waals surface area contributed by atoms with Gasteiger partial charge in [0.25, 0.3) is 0 Å². The van der Waals surface area contributed by atoms with Crippen LogP contribution in [0.4, 0.5) is 5.69 Å². The van der Waals surface area contributed by atoms with Gasteiger partial charge < -0.3 is 14.8 Å². The van der Waals surface area contributed by atoms with E-state index in [0.717, 1.165) is 7.11 Å². The summed E-state index contributed by atoms with van der Waals surface area (Å²) in [5.74, 6) is -1.47. The van der Waals surface area contributed by atoms with Gasteiger partial charge in [-0.3, -0.25) is 14.9 Å². The summed E-state index contributed by atoms with van der Waals surface area (Å²) in [5.41, 5.74) is -0.107. The molecule has 1 aliphatic heterocycles. The first kappa shape index (κ1) is 16.0. The lowest BCUT2D eigenvalue weighted by molar-refractivity contribution is -0.385. The van der Waals surface area contributed by atoms with Crippen LogP contribution >= 0.6 is 0 Å². The molecule has 9 nitrogen and oxygen atoms in total. The minimum absolute atomic E-state index is 0.0382. The molecule has 23 heavy (non-hydrogen) atoms. The molecular formula is C14H11N3O6. The van der Waals surface area contributed by atoms with Gasteiger partial charge in [0, 0.05) is 11.6 Å². The van der Waals surface area contributed by atoms with Crippen LogP contribution in [0, 0.1) is 21.4 Å². The highest BCUT2D eigenvalue weighted by molar-refractivity contribution is 6.19. The standard InChI is InChI=1S/C14H11N3O6/c1-22-14(19)12-8-3-2-4-10(17(20)21)13(8)23-7-9(12)16-11(18)5-6-15/h2-4H,5,7H2,1H3,(H,16,18). The molecule has 0 saturated heterocycles. The van der Waals surface area contributed by atoms with Crippen LogP contribution in [0.1, 0.15) is 12.0 Å². The molecule has 1 heterocycles. The molecule has 1 N–H and O–H groups in total. The predicted molar refractivity (Wildman–Crippen MR) is 75.9 cm³/mol. The Labute approximate surface area is 130 Å². The number of esters is 1. The van der Waals surface area contributed by atoms with Crippen LogP contribution in [0.2, 0.25) is 0 Å². The van der Waals surface area contributed by atoms with Gasteiger partial charge in [0.05, 0.1) is 29.4 Å². The summed E-state index contributed by atoms with van der Waals surface area (Å²) >= 11 is 0. The molecule has 2 rings (SSSR count). The Balaban J connectivity index is 2.57. The number of fused-ring (bicyclic) bond motifs is 1.